The fourth-order valence-electron chi connectivity index (χ4n) is 6.74. The first-order valence-electron chi connectivity index (χ1n) is 14.8. The Morgan fingerprint density at radius 2 is 1.96 bits per heavy atom. The van der Waals surface area contributed by atoms with Crippen molar-refractivity contribution in [1.82, 2.24) is 14.9 Å². The summed E-state index contributed by atoms with van der Waals surface area (Å²) in [7, 11) is 1.54. The smallest absolute Gasteiger partial charge is 0.362 e. The number of nitrogens with zero attached hydrogens (tertiary/aromatic N) is 7. The fourth-order valence-corrected chi connectivity index (χ4v) is 7.03. The highest BCUT2D eigenvalue weighted by Crippen LogP contribution is 2.44. The van der Waals surface area contributed by atoms with E-state index in [9.17, 15) is 32.8 Å². The molecule has 0 radical (unpaired) electrons. The number of rotatable bonds is 5. The van der Waals surface area contributed by atoms with Crippen LogP contribution in [-0.4, -0.2) is 52.2 Å². The van der Waals surface area contributed by atoms with Gasteiger partial charge in [-0.2, -0.15) is 18.4 Å². The van der Waals surface area contributed by atoms with Gasteiger partial charge in [0, 0.05) is 38.2 Å². The van der Waals surface area contributed by atoms with Crippen LogP contribution in [0.2, 0.25) is 5.02 Å². The van der Waals surface area contributed by atoms with Gasteiger partial charge in [0.25, 0.3) is 0 Å². The minimum Gasteiger partial charge on any atom is -0.362 e. The maximum atomic E-state index is 14.1. The molecule has 47 heavy (non-hydrogen) atoms. The Morgan fingerprint density at radius 3 is 2.66 bits per heavy atom. The number of carbonyl (C=O) groups is 3. The molecule has 2 aromatic heterocycles. The first-order valence-corrected chi connectivity index (χ1v) is 15.2. The van der Waals surface area contributed by atoms with E-state index in [0.717, 1.165) is 22.6 Å². The number of hydrogen-bond acceptors (Lipinski definition) is 7. The second-order valence-electron chi connectivity index (χ2n) is 11.8. The second-order valence-corrected chi connectivity index (χ2v) is 12.2. The van der Waals surface area contributed by atoms with Gasteiger partial charge in [-0.1, -0.05) is 30.3 Å². The number of alkyl halides is 3. The van der Waals surface area contributed by atoms with Gasteiger partial charge in [-0.3, -0.25) is 24.3 Å². The summed E-state index contributed by atoms with van der Waals surface area (Å²) in [5.74, 6) is -2.19. The Balaban J connectivity index is 1.41. The molecule has 1 saturated heterocycles. The van der Waals surface area contributed by atoms with Crippen molar-refractivity contribution in [1.29, 1.82) is 5.26 Å². The van der Waals surface area contributed by atoms with E-state index in [1.54, 1.807) is 23.1 Å². The number of anilines is 3. The van der Waals surface area contributed by atoms with Crippen LogP contribution in [0.25, 0.3) is 0 Å². The molecule has 5 heterocycles. The molecule has 0 bridgehead atoms. The summed E-state index contributed by atoms with van der Waals surface area (Å²) in [4.78, 5) is 55.2. The summed E-state index contributed by atoms with van der Waals surface area (Å²) in [6.07, 6.45) is -3.55. The SMILES string of the molecule is C=CC(=O)N1Cc2ccc(CN3C[C@H]4CC(=O)N(c5cc(C(F)(F)F)cc(C)n5)[C@@H]4C(=O)N(C)c4cccc(Cl)c43)nc2[C@@H]1CC#N. The van der Waals surface area contributed by atoms with Gasteiger partial charge in [-0.15, -0.1) is 0 Å². The largest absolute Gasteiger partial charge is 0.416 e. The Bertz CT molecular complexity index is 1860. The number of fused-ring (bicyclic) bond motifs is 3. The van der Waals surface area contributed by atoms with Crippen LogP contribution < -0.4 is 14.7 Å². The number of aryl methyl sites for hydroxylation is 1. The third kappa shape index (κ3) is 5.67. The van der Waals surface area contributed by atoms with E-state index in [2.05, 4.69) is 17.6 Å². The third-order valence-electron chi connectivity index (χ3n) is 8.82. The third-order valence-corrected chi connectivity index (χ3v) is 9.13. The summed E-state index contributed by atoms with van der Waals surface area (Å²) in [5, 5.41) is 9.84. The molecule has 242 valence electrons. The van der Waals surface area contributed by atoms with Crippen LogP contribution in [0.3, 0.4) is 0 Å². The van der Waals surface area contributed by atoms with Crippen LogP contribution in [-0.2, 0) is 33.6 Å². The molecular formula is C33H29ClF3N7O3. The predicted molar refractivity (Wildman–Crippen MR) is 167 cm³/mol. The number of aromatic nitrogens is 2. The average molecular weight is 664 g/mol. The summed E-state index contributed by atoms with van der Waals surface area (Å²) >= 11 is 6.76. The highest BCUT2D eigenvalue weighted by molar-refractivity contribution is 6.34. The van der Waals surface area contributed by atoms with Crippen molar-refractivity contribution in [3.8, 4) is 6.07 Å². The van der Waals surface area contributed by atoms with E-state index in [0.29, 0.717) is 27.8 Å². The van der Waals surface area contributed by atoms with Gasteiger partial charge < -0.3 is 14.7 Å². The van der Waals surface area contributed by atoms with Crippen LogP contribution in [0.4, 0.5) is 30.4 Å². The first kappa shape index (κ1) is 32.0. The molecule has 0 N–H and O–H groups in total. The molecule has 0 aliphatic carbocycles. The van der Waals surface area contributed by atoms with Crippen molar-refractivity contribution in [2.45, 2.75) is 51.1 Å². The molecule has 0 spiro atoms. The van der Waals surface area contributed by atoms with Gasteiger partial charge in [-0.05, 0) is 48.9 Å². The molecule has 3 aliphatic heterocycles. The molecule has 1 aromatic carbocycles. The zero-order valence-corrected chi connectivity index (χ0v) is 26.2. The van der Waals surface area contributed by atoms with Gasteiger partial charge in [-0.25, -0.2) is 4.98 Å². The van der Waals surface area contributed by atoms with Crippen molar-refractivity contribution < 1.29 is 27.6 Å². The summed E-state index contributed by atoms with van der Waals surface area (Å²) in [6.45, 7) is 5.58. The molecule has 3 aromatic rings. The number of pyridine rings is 2. The van der Waals surface area contributed by atoms with Gasteiger partial charge in [0.05, 0.1) is 58.4 Å². The molecule has 0 saturated carbocycles. The Hall–Kier alpha value is -4.96. The summed E-state index contributed by atoms with van der Waals surface area (Å²) in [6, 6.07) is 10.9. The van der Waals surface area contributed by atoms with Crippen molar-refractivity contribution >= 4 is 46.5 Å². The van der Waals surface area contributed by atoms with Crippen LogP contribution in [0.5, 0.6) is 0 Å². The maximum absolute atomic E-state index is 14.1. The predicted octanol–water partition coefficient (Wildman–Crippen LogP) is 5.34. The molecule has 6 rings (SSSR count). The zero-order chi connectivity index (χ0) is 33.8. The van der Waals surface area contributed by atoms with E-state index < -0.39 is 41.6 Å². The molecule has 3 amide bonds. The van der Waals surface area contributed by atoms with Gasteiger partial charge >= 0.3 is 6.18 Å². The van der Waals surface area contributed by atoms with Gasteiger partial charge in [0.1, 0.15) is 11.9 Å². The van der Waals surface area contributed by atoms with E-state index in [4.69, 9.17) is 16.6 Å². The van der Waals surface area contributed by atoms with E-state index in [-0.39, 0.29) is 49.9 Å². The quantitative estimate of drug-likeness (QED) is 0.339. The Morgan fingerprint density at radius 1 is 1.19 bits per heavy atom. The minimum absolute atomic E-state index is 0.0407. The number of para-hydroxylation sites is 1. The maximum Gasteiger partial charge on any atom is 0.416 e. The number of likely N-dealkylation sites (N-methyl/N-ethyl adjacent to an activating group) is 1. The molecule has 3 atom stereocenters. The van der Waals surface area contributed by atoms with Crippen LogP contribution in [0.15, 0.2) is 55.1 Å². The van der Waals surface area contributed by atoms with Crippen LogP contribution >= 0.6 is 11.6 Å². The normalized spacial score (nSPS) is 20.7. The van der Waals surface area contributed by atoms with E-state index in [1.165, 1.54) is 24.9 Å². The standard InChI is InChI=1S/C33H29ClF3N7O3/c1-4-27(45)43-16-19-8-9-22(40-29(19)24(43)10-11-38)17-42-15-20-13-28(46)44(26-14-21(33(35,36)37)12-18(2)39-26)30(20)32(47)41(3)25-7-5-6-23(34)31(25)42/h4-9,12,14,20,24,30H,1,10,13,15-17H2,2-3H3/t20-,24+,30+/m1/s1. The molecule has 0 unspecified atom stereocenters. The lowest BCUT2D eigenvalue weighted by molar-refractivity contribution is -0.137. The summed E-state index contributed by atoms with van der Waals surface area (Å²) in [5.41, 5.74) is 2.06. The number of benzene rings is 1. The average Bonchev–Trinajstić information content (AvgIpc) is 3.54. The number of halogens is 4. The highest BCUT2D eigenvalue weighted by atomic mass is 35.5. The number of carbonyl (C=O) groups excluding carboxylic acids is 3. The monoisotopic (exact) mass is 663 g/mol. The zero-order valence-electron chi connectivity index (χ0n) is 25.5. The Kier molecular flexibility index (Phi) is 8.17. The first-order chi connectivity index (χ1) is 22.3. The van der Waals surface area contributed by atoms with Gasteiger partial charge in [0.2, 0.25) is 17.7 Å². The van der Waals surface area contributed by atoms with Crippen LogP contribution in [0, 0.1) is 24.2 Å². The number of amides is 3. The minimum atomic E-state index is -4.68. The highest BCUT2D eigenvalue weighted by Gasteiger charge is 2.49. The lowest BCUT2D eigenvalue weighted by atomic mass is 9.95. The van der Waals surface area contributed by atoms with Crippen molar-refractivity contribution in [2.24, 2.45) is 5.92 Å². The lowest BCUT2D eigenvalue weighted by Crippen LogP contribution is -2.52. The van der Waals surface area contributed by atoms with Gasteiger partial charge in [0.15, 0.2) is 0 Å². The number of hydrogen-bond donors (Lipinski definition) is 0. The fraction of sp³-hybridized carbons (Fsp3) is 0.333. The molecule has 1 fully saturated rings. The lowest BCUT2D eigenvalue weighted by Gasteiger charge is -2.39. The van der Waals surface area contributed by atoms with Crippen molar-refractivity contribution in [3.05, 3.63) is 88.4 Å². The summed E-state index contributed by atoms with van der Waals surface area (Å²) < 4.78 is 41.2. The van der Waals surface area contributed by atoms with E-state index in [1.807, 2.05) is 17.0 Å². The Labute approximate surface area is 273 Å². The topological polar surface area (TPSA) is 114 Å². The molecule has 3 aliphatic rings. The molecule has 14 heteroatoms. The second kappa shape index (κ2) is 12.0. The van der Waals surface area contributed by atoms with Crippen molar-refractivity contribution in [2.75, 3.05) is 28.3 Å². The van der Waals surface area contributed by atoms with E-state index >= 15 is 0 Å². The van der Waals surface area contributed by atoms with Crippen LogP contribution in [0.1, 0.15) is 47.1 Å². The molecular weight excluding hydrogens is 635 g/mol. The van der Waals surface area contributed by atoms with Crippen molar-refractivity contribution in [3.63, 3.8) is 0 Å². The molecule has 10 nitrogen and oxygen atoms in total. The number of nitriles is 1.